The number of alkyl halides is 3. The van der Waals surface area contributed by atoms with E-state index in [9.17, 15) is 22.8 Å². The summed E-state index contributed by atoms with van der Waals surface area (Å²) in [5, 5.41) is 0. The standard InChI is InChI=1S/C11H9F3O4/c1-17-9(15)6-3-4-7(10(16)18-2)8(5-6)11(12,13)14/h3-5H,1-2H3. The summed E-state index contributed by atoms with van der Waals surface area (Å²) in [6.07, 6.45) is -4.77. The Hall–Kier alpha value is -2.05. The average molecular weight is 262 g/mol. The van der Waals surface area contributed by atoms with Crippen LogP contribution in [0.15, 0.2) is 18.2 Å². The number of carbonyl (C=O) groups excluding carboxylic acids is 2. The van der Waals surface area contributed by atoms with Crippen molar-refractivity contribution in [3.05, 3.63) is 34.9 Å². The Morgan fingerprint density at radius 1 is 1.06 bits per heavy atom. The van der Waals surface area contributed by atoms with Gasteiger partial charge in [-0.05, 0) is 18.2 Å². The van der Waals surface area contributed by atoms with Crippen LogP contribution in [0.25, 0.3) is 0 Å². The molecular weight excluding hydrogens is 253 g/mol. The van der Waals surface area contributed by atoms with E-state index in [1.165, 1.54) is 0 Å². The van der Waals surface area contributed by atoms with Crippen LogP contribution in [0.3, 0.4) is 0 Å². The van der Waals surface area contributed by atoms with Gasteiger partial charge in [0.25, 0.3) is 0 Å². The number of esters is 2. The summed E-state index contributed by atoms with van der Waals surface area (Å²) in [5.74, 6) is -2.05. The molecule has 0 aliphatic carbocycles. The Labute approximate surface area is 100 Å². The maximum Gasteiger partial charge on any atom is 0.417 e. The van der Waals surface area contributed by atoms with Crippen LogP contribution < -0.4 is 0 Å². The van der Waals surface area contributed by atoms with E-state index in [0.717, 1.165) is 26.4 Å². The van der Waals surface area contributed by atoms with Crippen molar-refractivity contribution in [2.75, 3.05) is 14.2 Å². The van der Waals surface area contributed by atoms with Crippen LogP contribution in [-0.4, -0.2) is 26.2 Å². The second-order valence-electron chi connectivity index (χ2n) is 3.24. The maximum absolute atomic E-state index is 12.7. The predicted octanol–water partition coefficient (Wildman–Crippen LogP) is 2.28. The second-order valence-corrected chi connectivity index (χ2v) is 3.24. The lowest BCUT2D eigenvalue weighted by molar-refractivity contribution is -0.138. The molecule has 4 nitrogen and oxygen atoms in total. The molecule has 1 aromatic rings. The molecule has 7 heteroatoms. The van der Waals surface area contributed by atoms with Gasteiger partial charge in [0.2, 0.25) is 0 Å². The number of hydrogen-bond acceptors (Lipinski definition) is 4. The Balaban J connectivity index is 3.39. The van der Waals surface area contributed by atoms with Crippen LogP contribution in [0.5, 0.6) is 0 Å². The molecule has 0 unspecified atom stereocenters. The largest absolute Gasteiger partial charge is 0.465 e. The molecule has 18 heavy (non-hydrogen) atoms. The highest BCUT2D eigenvalue weighted by Crippen LogP contribution is 2.33. The first-order valence-corrected chi connectivity index (χ1v) is 4.69. The van der Waals surface area contributed by atoms with Gasteiger partial charge in [0, 0.05) is 0 Å². The van der Waals surface area contributed by atoms with Gasteiger partial charge in [0.05, 0.1) is 30.9 Å². The van der Waals surface area contributed by atoms with Crippen LogP contribution in [0.1, 0.15) is 26.3 Å². The number of rotatable bonds is 2. The number of ether oxygens (including phenoxy) is 2. The van der Waals surface area contributed by atoms with Crippen LogP contribution in [-0.2, 0) is 15.7 Å². The molecule has 0 spiro atoms. The zero-order chi connectivity index (χ0) is 13.9. The molecule has 0 aromatic heterocycles. The van der Waals surface area contributed by atoms with Gasteiger partial charge in [-0.15, -0.1) is 0 Å². The van der Waals surface area contributed by atoms with E-state index in [1.54, 1.807) is 0 Å². The predicted molar refractivity (Wildman–Crippen MR) is 54.1 cm³/mol. The Morgan fingerprint density at radius 3 is 2.06 bits per heavy atom. The van der Waals surface area contributed by atoms with Crippen molar-refractivity contribution in [2.24, 2.45) is 0 Å². The van der Waals surface area contributed by atoms with Crippen LogP contribution >= 0.6 is 0 Å². The van der Waals surface area contributed by atoms with Gasteiger partial charge in [-0.25, -0.2) is 9.59 Å². The van der Waals surface area contributed by atoms with Crippen LogP contribution in [0, 0.1) is 0 Å². The zero-order valence-electron chi connectivity index (χ0n) is 9.50. The molecule has 0 atom stereocenters. The third-order valence-electron chi connectivity index (χ3n) is 2.15. The van der Waals surface area contributed by atoms with Gasteiger partial charge in [-0.2, -0.15) is 13.2 Å². The lowest BCUT2D eigenvalue weighted by atomic mass is 10.0. The number of benzene rings is 1. The molecule has 0 aliphatic rings. The first-order valence-electron chi connectivity index (χ1n) is 4.69. The molecule has 0 saturated carbocycles. The van der Waals surface area contributed by atoms with Crippen molar-refractivity contribution in [1.29, 1.82) is 0 Å². The molecule has 0 heterocycles. The molecular formula is C11H9F3O4. The fraction of sp³-hybridized carbons (Fsp3) is 0.273. The summed E-state index contributed by atoms with van der Waals surface area (Å²) < 4.78 is 46.7. The summed E-state index contributed by atoms with van der Waals surface area (Å²) in [6.45, 7) is 0. The smallest absolute Gasteiger partial charge is 0.417 e. The SMILES string of the molecule is COC(=O)c1ccc(C(=O)OC)c(C(F)(F)F)c1. The molecule has 0 saturated heterocycles. The van der Waals surface area contributed by atoms with Gasteiger partial charge in [-0.3, -0.25) is 0 Å². The quantitative estimate of drug-likeness (QED) is 0.767. The minimum absolute atomic E-state index is 0.294. The maximum atomic E-state index is 12.7. The summed E-state index contributed by atoms with van der Waals surface area (Å²) in [6, 6.07) is 2.49. The monoisotopic (exact) mass is 262 g/mol. The molecule has 1 rings (SSSR count). The van der Waals surface area contributed by atoms with Crippen molar-refractivity contribution in [3.8, 4) is 0 Å². The number of hydrogen-bond donors (Lipinski definition) is 0. The minimum Gasteiger partial charge on any atom is -0.465 e. The lowest BCUT2D eigenvalue weighted by Crippen LogP contribution is -2.16. The Kier molecular flexibility index (Phi) is 3.95. The van der Waals surface area contributed by atoms with Crippen LogP contribution in [0.2, 0.25) is 0 Å². The van der Waals surface area contributed by atoms with E-state index in [-0.39, 0.29) is 5.56 Å². The third-order valence-corrected chi connectivity index (χ3v) is 2.15. The lowest BCUT2D eigenvalue weighted by Gasteiger charge is -2.12. The first kappa shape index (κ1) is 14.0. The average Bonchev–Trinajstić information content (AvgIpc) is 2.35. The molecule has 0 fully saturated rings. The van der Waals surface area contributed by atoms with Gasteiger partial charge in [0.15, 0.2) is 0 Å². The third kappa shape index (κ3) is 2.79. The van der Waals surface area contributed by atoms with E-state index < -0.39 is 29.2 Å². The Bertz CT molecular complexity index is 480. The van der Waals surface area contributed by atoms with E-state index in [1.807, 2.05) is 0 Å². The van der Waals surface area contributed by atoms with E-state index >= 15 is 0 Å². The topological polar surface area (TPSA) is 52.6 Å². The highest BCUT2D eigenvalue weighted by atomic mass is 19.4. The van der Waals surface area contributed by atoms with Gasteiger partial charge < -0.3 is 9.47 Å². The van der Waals surface area contributed by atoms with Crippen molar-refractivity contribution in [2.45, 2.75) is 6.18 Å². The molecule has 98 valence electrons. The van der Waals surface area contributed by atoms with Crippen molar-refractivity contribution < 1.29 is 32.2 Å². The normalized spacial score (nSPS) is 10.9. The number of halogens is 3. The van der Waals surface area contributed by atoms with Crippen molar-refractivity contribution >= 4 is 11.9 Å². The molecule has 0 radical (unpaired) electrons. The van der Waals surface area contributed by atoms with Crippen molar-refractivity contribution in [3.63, 3.8) is 0 Å². The fourth-order valence-electron chi connectivity index (χ4n) is 1.31. The molecule has 0 aliphatic heterocycles. The molecule has 0 amide bonds. The summed E-state index contributed by atoms with van der Waals surface area (Å²) in [5.41, 5.74) is -2.19. The van der Waals surface area contributed by atoms with Gasteiger partial charge in [0.1, 0.15) is 0 Å². The summed E-state index contributed by atoms with van der Waals surface area (Å²) in [4.78, 5) is 22.3. The minimum atomic E-state index is -4.77. The highest BCUT2D eigenvalue weighted by Gasteiger charge is 2.36. The molecule has 0 bridgehead atoms. The van der Waals surface area contributed by atoms with E-state index in [4.69, 9.17) is 0 Å². The zero-order valence-corrected chi connectivity index (χ0v) is 9.50. The second kappa shape index (κ2) is 5.07. The number of methoxy groups -OCH3 is 2. The van der Waals surface area contributed by atoms with Gasteiger partial charge in [-0.1, -0.05) is 0 Å². The fourth-order valence-corrected chi connectivity index (χ4v) is 1.31. The van der Waals surface area contributed by atoms with Crippen LogP contribution in [0.4, 0.5) is 13.2 Å². The molecule has 0 N–H and O–H groups in total. The van der Waals surface area contributed by atoms with Crippen molar-refractivity contribution in [1.82, 2.24) is 0 Å². The van der Waals surface area contributed by atoms with E-state index in [2.05, 4.69) is 9.47 Å². The molecule has 1 aromatic carbocycles. The highest BCUT2D eigenvalue weighted by molar-refractivity contribution is 5.95. The van der Waals surface area contributed by atoms with Gasteiger partial charge >= 0.3 is 18.1 Å². The summed E-state index contributed by atoms with van der Waals surface area (Å²) >= 11 is 0. The summed E-state index contributed by atoms with van der Waals surface area (Å²) in [7, 11) is 2.01. The number of carbonyl (C=O) groups is 2. The van der Waals surface area contributed by atoms with E-state index in [0.29, 0.717) is 6.07 Å². The Morgan fingerprint density at radius 2 is 1.61 bits per heavy atom. The first-order chi connectivity index (χ1) is 8.31.